The third-order valence-corrected chi connectivity index (χ3v) is 8.68. The van der Waals surface area contributed by atoms with E-state index in [9.17, 15) is 28.7 Å². The maximum absolute atomic E-state index is 14.7. The number of pyridine rings is 3. The van der Waals surface area contributed by atoms with Crippen LogP contribution in [0.3, 0.4) is 0 Å². The number of carbonyl (C=O) groups excluding carboxylic acids is 1. The Morgan fingerprint density at radius 3 is 2.40 bits per heavy atom. The number of phenols is 1. The fraction of sp³-hybridized carbons (Fsp3) is 0.258. The molecule has 4 heterocycles. The van der Waals surface area contributed by atoms with Gasteiger partial charge in [-0.05, 0) is 36.6 Å². The van der Waals surface area contributed by atoms with Crippen LogP contribution in [0, 0.1) is 29.9 Å². The normalized spacial score (nSPS) is 13.4. The number of hydrogen-bond donors (Lipinski definition) is 1. The average molecular weight is 674 g/mol. The molecule has 1 fully saturated rings. The Hall–Kier alpha value is -4.24. The molecule has 5 rings (SSSR count). The number of anilines is 1. The van der Waals surface area contributed by atoms with Gasteiger partial charge in [0, 0.05) is 43.3 Å². The highest BCUT2D eigenvalue weighted by Gasteiger charge is 2.31. The summed E-state index contributed by atoms with van der Waals surface area (Å²) < 4.78 is 30.3. The van der Waals surface area contributed by atoms with Crippen molar-refractivity contribution >= 4 is 57.4 Å². The predicted octanol–water partition coefficient (Wildman–Crippen LogP) is 6.53. The maximum Gasteiger partial charge on any atom is 0.276 e. The number of nitriles is 1. The summed E-state index contributed by atoms with van der Waals surface area (Å²) in [6.45, 7) is 10.2. The summed E-state index contributed by atoms with van der Waals surface area (Å²) in [6, 6.07) is 5.18. The number of benzene rings is 1. The maximum atomic E-state index is 14.7. The summed E-state index contributed by atoms with van der Waals surface area (Å²) >= 11 is 19.2. The van der Waals surface area contributed by atoms with E-state index in [1.54, 1.807) is 29.0 Å². The van der Waals surface area contributed by atoms with Crippen LogP contribution in [0.4, 0.5) is 14.5 Å². The molecule has 1 saturated heterocycles. The molecule has 45 heavy (non-hydrogen) atoms. The number of rotatable bonds is 5. The van der Waals surface area contributed by atoms with E-state index in [2.05, 4.69) is 22.6 Å². The molecule has 14 heteroatoms. The molecule has 0 unspecified atom stereocenters. The van der Waals surface area contributed by atoms with Crippen molar-refractivity contribution < 1.29 is 18.7 Å². The van der Waals surface area contributed by atoms with Gasteiger partial charge in [0.05, 0.1) is 37.8 Å². The van der Waals surface area contributed by atoms with Crippen molar-refractivity contribution in [2.75, 3.05) is 31.1 Å². The fourth-order valence-corrected chi connectivity index (χ4v) is 6.30. The minimum Gasteiger partial charge on any atom is -0.504 e. The van der Waals surface area contributed by atoms with Crippen molar-refractivity contribution in [2.45, 2.75) is 26.7 Å². The molecule has 1 aliphatic heterocycles. The van der Waals surface area contributed by atoms with Gasteiger partial charge in [-0.2, -0.15) is 9.65 Å². The van der Waals surface area contributed by atoms with Gasteiger partial charge in [0.25, 0.3) is 5.56 Å². The molecular formula is C31H25Cl3F2N6O3. The zero-order valence-corrected chi connectivity index (χ0v) is 26.5. The zero-order chi connectivity index (χ0) is 32.9. The predicted molar refractivity (Wildman–Crippen MR) is 170 cm³/mol. The van der Waals surface area contributed by atoms with Gasteiger partial charge in [-0.25, -0.2) is 9.37 Å². The molecule has 1 aliphatic rings. The first-order chi connectivity index (χ1) is 21.3. The minimum atomic E-state index is -1.65. The third kappa shape index (κ3) is 5.27. The Kier molecular flexibility index (Phi) is 8.77. The zero-order valence-electron chi connectivity index (χ0n) is 24.3. The van der Waals surface area contributed by atoms with Gasteiger partial charge in [0.1, 0.15) is 17.3 Å². The molecule has 1 aromatic carbocycles. The summed E-state index contributed by atoms with van der Waals surface area (Å²) in [7, 11) is 0. The number of aryl methyl sites for hydroxylation is 1. The topological polar surface area (TPSA) is 115 Å². The van der Waals surface area contributed by atoms with Crippen molar-refractivity contribution in [3.05, 3.63) is 84.9 Å². The van der Waals surface area contributed by atoms with Crippen molar-refractivity contribution in [3.8, 4) is 28.8 Å². The lowest BCUT2D eigenvalue weighted by Crippen LogP contribution is -2.49. The summed E-state index contributed by atoms with van der Waals surface area (Å²) in [5, 5.41) is 19.3. The number of phenolic OH excluding ortho intramolecular Hbond substituents is 1. The first-order valence-corrected chi connectivity index (χ1v) is 14.8. The van der Waals surface area contributed by atoms with Crippen LogP contribution in [-0.4, -0.2) is 56.6 Å². The number of aromatic nitrogens is 3. The second-order valence-corrected chi connectivity index (χ2v) is 11.8. The van der Waals surface area contributed by atoms with Gasteiger partial charge >= 0.3 is 0 Å². The van der Waals surface area contributed by atoms with Gasteiger partial charge in [0.15, 0.2) is 11.6 Å². The number of carbonyl (C=O) groups is 1. The molecule has 0 saturated carbocycles. The van der Waals surface area contributed by atoms with E-state index in [1.165, 1.54) is 16.7 Å². The monoisotopic (exact) mass is 672 g/mol. The Balaban J connectivity index is 1.93. The van der Waals surface area contributed by atoms with Gasteiger partial charge in [-0.3, -0.25) is 19.1 Å². The molecule has 1 N–H and O–H groups in total. The van der Waals surface area contributed by atoms with E-state index >= 15 is 0 Å². The van der Waals surface area contributed by atoms with Crippen LogP contribution in [0.2, 0.25) is 15.1 Å². The first-order valence-electron chi connectivity index (χ1n) is 13.7. The van der Waals surface area contributed by atoms with Crippen molar-refractivity contribution in [1.29, 1.82) is 5.26 Å². The van der Waals surface area contributed by atoms with Crippen molar-refractivity contribution in [3.63, 3.8) is 0 Å². The van der Waals surface area contributed by atoms with Gasteiger partial charge in [0.2, 0.25) is 11.7 Å². The number of hydrogen-bond acceptors (Lipinski definition) is 7. The fourth-order valence-electron chi connectivity index (χ4n) is 5.47. The summed E-state index contributed by atoms with van der Waals surface area (Å²) in [5.74, 6) is -4.82. The van der Waals surface area contributed by atoms with E-state index in [1.807, 2.05) is 13.8 Å². The molecule has 3 aromatic heterocycles. The highest BCUT2D eigenvalue weighted by Crippen LogP contribution is 2.46. The second-order valence-electron chi connectivity index (χ2n) is 10.7. The van der Waals surface area contributed by atoms with Gasteiger partial charge in [-0.1, -0.05) is 55.2 Å². The van der Waals surface area contributed by atoms with Crippen molar-refractivity contribution in [1.82, 2.24) is 19.4 Å². The molecule has 0 aliphatic carbocycles. The lowest BCUT2D eigenvalue weighted by molar-refractivity contribution is -0.126. The van der Waals surface area contributed by atoms with Crippen LogP contribution in [0.5, 0.6) is 5.75 Å². The Morgan fingerprint density at radius 2 is 1.80 bits per heavy atom. The Bertz CT molecular complexity index is 1990. The average Bonchev–Trinajstić information content (AvgIpc) is 3.02. The van der Waals surface area contributed by atoms with Crippen LogP contribution in [-0.2, 0) is 4.79 Å². The van der Waals surface area contributed by atoms with Crippen molar-refractivity contribution in [2.24, 2.45) is 0 Å². The van der Waals surface area contributed by atoms with E-state index in [-0.39, 0.29) is 71.0 Å². The standard InChI is InChI=1S/C31H25Cl3F2N6O3/c1-5-19(43)40-8-10-41(11-9-40)28-16-12-18(32)26(20-21(33)23(35)24(36)29(44)22(20)34)39-30(16)42(31(45)17(28)13-37)27-15(4)6-7-38-25(27)14(2)3/h5-7,12,14,44H,1,8-11H2,2-4H3. The van der Waals surface area contributed by atoms with Crippen LogP contribution < -0.4 is 10.5 Å². The molecule has 0 bridgehead atoms. The molecule has 0 atom stereocenters. The SMILES string of the molecule is C=CC(=O)N1CCN(c2c(C#N)c(=O)n(-c3c(C)ccnc3C(C)C)c3nc(-c4c(Cl)c(O)c(F)c(F)c4Cl)c(Cl)cc23)CC1. The van der Waals surface area contributed by atoms with Crippen LogP contribution in [0.25, 0.3) is 28.0 Å². The largest absolute Gasteiger partial charge is 0.504 e. The number of amides is 1. The van der Waals surface area contributed by atoms with Crippen LogP contribution in [0.1, 0.15) is 36.6 Å². The van der Waals surface area contributed by atoms with Crippen LogP contribution in [0.15, 0.2) is 35.8 Å². The number of piperazine rings is 1. The molecule has 0 spiro atoms. The highest BCUT2D eigenvalue weighted by molar-refractivity contribution is 6.42. The highest BCUT2D eigenvalue weighted by atomic mass is 35.5. The summed E-state index contributed by atoms with van der Waals surface area (Å²) in [6.07, 6.45) is 2.82. The smallest absolute Gasteiger partial charge is 0.276 e. The van der Waals surface area contributed by atoms with E-state index < -0.39 is 38.6 Å². The number of aromatic hydroxyl groups is 1. The summed E-state index contributed by atoms with van der Waals surface area (Å²) in [4.78, 5) is 39.2. The first kappa shape index (κ1) is 32.2. The van der Waals surface area contributed by atoms with E-state index in [4.69, 9.17) is 34.8 Å². The molecule has 232 valence electrons. The van der Waals surface area contributed by atoms with E-state index in [0.29, 0.717) is 16.9 Å². The minimum absolute atomic E-state index is 0.00708. The summed E-state index contributed by atoms with van der Waals surface area (Å²) in [5.41, 5.74) is 0.228. The molecule has 4 aromatic rings. The van der Waals surface area contributed by atoms with Gasteiger partial charge in [-0.15, -0.1) is 0 Å². The van der Waals surface area contributed by atoms with E-state index in [0.717, 1.165) is 0 Å². The number of halogens is 5. The molecular weight excluding hydrogens is 649 g/mol. The number of nitrogens with zero attached hydrogens (tertiary/aromatic N) is 6. The quantitative estimate of drug-likeness (QED) is 0.146. The molecule has 0 radical (unpaired) electrons. The number of fused-ring (bicyclic) bond motifs is 1. The molecule has 1 amide bonds. The van der Waals surface area contributed by atoms with Gasteiger partial charge < -0.3 is 14.9 Å². The molecule has 9 nitrogen and oxygen atoms in total. The second kappa shape index (κ2) is 12.3. The Labute approximate surface area is 271 Å². The Morgan fingerprint density at radius 1 is 1.13 bits per heavy atom. The van der Waals surface area contributed by atoms with Crippen LogP contribution >= 0.6 is 34.8 Å². The lowest BCUT2D eigenvalue weighted by Gasteiger charge is -2.36. The third-order valence-electron chi connectivity index (χ3n) is 7.67. The lowest BCUT2D eigenvalue weighted by atomic mass is 10.0.